The molecule has 3 rings (SSSR count). The molecule has 0 aliphatic carbocycles. The standard InChI is InChI=1S/C18H22FN3OS/c19-16-6-2-1-5-15(16)7-8-17(23)21-12-14-4-3-10-22(13-14)18-20-9-11-24-18/h1-2,5-6,9,11,14H,3-4,7-8,10,12-13H2,(H,21,23). The lowest BCUT2D eigenvalue weighted by molar-refractivity contribution is -0.121. The van der Waals surface area contributed by atoms with Gasteiger partial charge in [0.1, 0.15) is 5.82 Å². The molecule has 6 heteroatoms. The van der Waals surface area contributed by atoms with Crippen LogP contribution >= 0.6 is 11.3 Å². The maximum Gasteiger partial charge on any atom is 0.220 e. The van der Waals surface area contributed by atoms with E-state index in [0.717, 1.165) is 31.1 Å². The Bertz CT molecular complexity index is 662. The molecule has 1 aromatic heterocycles. The van der Waals surface area contributed by atoms with Gasteiger partial charge in [0.15, 0.2) is 5.13 Å². The van der Waals surface area contributed by atoms with E-state index in [4.69, 9.17) is 0 Å². The van der Waals surface area contributed by atoms with Gasteiger partial charge in [-0.1, -0.05) is 18.2 Å². The molecule has 1 aromatic carbocycles. The molecule has 1 aliphatic rings. The number of carbonyl (C=O) groups is 1. The third-order valence-corrected chi connectivity index (χ3v) is 5.21. The SMILES string of the molecule is O=C(CCc1ccccc1F)NCC1CCCN(c2nccs2)C1. The molecule has 1 amide bonds. The van der Waals surface area contributed by atoms with Crippen LogP contribution in [0.1, 0.15) is 24.8 Å². The molecule has 1 saturated heterocycles. The van der Waals surface area contributed by atoms with E-state index >= 15 is 0 Å². The van der Waals surface area contributed by atoms with Crippen molar-refractivity contribution in [1.82, 2.24) is 10.3 Å². The van der Waals surface area contributed by atoms with Gasteiger partial charge in [0.25, 0.3) is 0 Å². The normalized spacial score (nSPS) is 17.7. The largest absolute Gasteiger partial charge is 0.356 e. The first-order valence-corrected chi connectivity index (χ1v) is 9.25. The molecule has 1 unspecified atom stereocenters. The van der Waals surface area contributed by atoms with E-state index in [1.165, 1.54) is 6.07 Å². The fraction of sp³-hybridized carbons (Fsp3) is 0.444. The van der Waals surface area contributed by atoms with Gasteiger partial charge in [-0.15, -0.1) is 11.3 Å². The summed E-state index contributed by atoms with van der Waals surface area (Å²) in [6, 6.07) is 6.62. The quantitative estimate of drug-likeness (QED) is 0.872. The minimum Gasteiger partial charge on any atom is -0.356 e. The van der Waals surface area contributed by atoms with E-state index in [-0.39, 0.29) is 11.7 Å². The summed E-state index contributed by atoms with van der Waals surface area (Å²) in [5.74, 6) is 0.196. The Balaban J connectivity index is 1.42. The van der Waals surface area contributed by atoms with Crippen molar-refractivity contribution in [2.75, 3.05) is 24.5 Å². The van der Waals surface area contributed by atoms with Crippen LogP contribution in [0, 0.1) is 11.7 Å². The minimum atomic E-state index is -0.239. The topological polar surface area (TPSA) is 45.2 Å². The van der Waals surface area contributed by atoms with E-state index in [2.05, 4.69) is 15.2 Å². The number of piperidine rings is 1. The predicted molar refractivity (Wildman–Crippen MR) is 94.8 cm³/mol. The predicted octanol–water partition coefficient (Wildman–Crippen LogP) is 3.25. The van der Waals surface area contributed by atoms with Crippen molar-refractivity contribution in [2.45, 2.75) is 25.7 Å². The summed E-state index contributed by atoms with van der Waals surface area (Å²) in [4.78, 5) is 18.7. The first-order chi connectivity index (χ1) is 11.7. The zero-order valence-corrected chi connectivity index (χ0v) is 14.4. The number of nitrogens with one attached hydrogen (secondary N) is 1. The number of benzene rings is 1. The van der Waals surface area contributed by atoms with Crippen molar-refractivity contribution in [3.05, 3.63) is 47.2 Å². The van der Waals surface area contributed by atoms with Crippen LogP contribution in [0.5, 0.6) is 0 Å². The van der Waals surface area contributed by atoms with Crippen LogP contribution in [0.2, 0.25) is 0 Å². The van der Waals surface area contributed by atoms with Crippen molar-refractivity contribution in [1.29, 1.82) is 0 Å². The number of carbonyl (C=O) groups excluding carboxylic acids is 1. The summed E-state index contributed by atoms with van der Waals surface area (Å²) >= 11 is 1.65. The molecule has 0 spiro atoms. The highest BCUT2D eigenvalue weighted by Crippen LogP contribution is 2.24. The van der Waals surface area contributed by atoms with Crippen LogP contribution in [0.25, 0.3) is 0 Å². The summed E-state index contributed by atoms with van der Waals surface area (Å²) in [5.41, 5.74) is 0.597. The Morgan fingerprint density at radius 2 is 2.29 bits per heavy atom. The second-order valence-corrected chi connectivity index (χ2v) is 7.04. The highest BCUT2D eigenvalue weighted by Gasteiger charge is 2.21. The molecular weight excluding hydrogens is 325 g/mol. The number of aromatic nitrogens is 1. The smallest absolute Gasteiger partial charge is 0.220 e. The first-order valence-electron chi connectivity index (χ1n) is 8.37. The van der Waals surface area contributed by atoms with Crippen molar-refractivity contribution in [3.63, 3.8) is 0 Å². The van der Waals surface area contributed by atoms with Crippen molar-refractivity contribution >= 4 is 22.4 Å². The molecule has 0 radical (unpaired) electrons. The van der Waals surface area contributed by atoms with Crippen LogP contribution in [-0.4, -0.2) is 30.5 Å². The van der Waals surface area contributed by atoms with E-state index in [9.17, 15) is 9.18 Å². The summed E-state index contributed by atoms with van der Waals surface area (Å²) in [6.45, 7) is 2.64. The average molecular weight is 347 g/mol. The zero-order valence-electron chi connectivity index (χ0n) is 13.6. The number of thiazole rings is 1. The molecule has 1 N–H and O–H groups in total. The van der Waals surface area contributed by atoms with Gasteiger partial charge in [-0.05, 0) is 36.8 Å². The van der Waals surface area contributed by atoms with E-state index < -0.39 is 0 Å². The lowest BCUT2D eigenvalue weighted by Gasteiger charge is -2.32. The second-order valence-electron chi connectivity index (χ2n) is 6.16. The highest BCUT2D eigenvalue weighted by atomic mass is 32.1. The summed E-state index contributed by atoms with van der Waals surface area (Å²) in [7, 11) is 0. The number of amides is 1. The molecular formula is C18H22FN3OS. The van der Waals surface area contributed by atoms with Crippen LogP contribution in [0.4, 0.5) is 9.52 Å². The highest BCUT2D eigenvalue weighted by molar-refractivity contribution is 7.13. The number of anilines is 1. The molecule has 1 atom stereocenters. The van der Waals surface area contributed by atoms with E-state index in [0.29, 0.717) is 30.9 Å². The maximum absolute atomic E-state index is 13.6. The molecule has 1 fully saturated rings. The van der Waals surface area contributed by atoms with Crippen LogP contribution in [0.15, 0.2) is 35.8 Å². The second kappa shape index (κ2) is 8.24. The van der Waals surface area contributed by atoms with Crippen molar-refractivity contribution in [3.8, 4) is 0 Å². The van der Waals surface area contributed by atoms with Gasteiger partial charge in [0.2, 0.25) is 5.91 Å². The molecule has 24 heavy (non-hydrogen) atoms. The molecule has 0 bridgehead atoms. The van der Waals surface area contributed by atoms with Crippen molar-refractivity contribution in [2.24, 2.45) is 5.92 Å². The van der Waals surface area contributed by atoms with Crippen LogP contribution < -0.4 is 10.2 Å². The van der Waals surface area contributed by atoms with E-state index in [1.54, 1.807) is 29.5 Å². The number of hydrogen-bond acceptors (Lipinski definition) is 4. The van der Waals surface area contributed by atoms with E-state index in [1.807, 2.05) is 11.6 Å². The Morgan fingerprint density at radius 1 is 1.42 bits per heavy atom. The van der Waals surface area contributed by atoms with Crippen LogP contribution in [-0.2, 0) is 11.2 Å². The fourth-order valence-corrected chi connectivity index (χ4v) is 3.75. The van der Waals surface area contributed by atoms with Gasteiger partial charge in [-0.3, -0.25) is 4.79 Å². The van der Waals surface area contributed by atoms with Gasteiger partial charge < -0.3 is 10.2 Å². The maximum atomic E-state index is 13.6. The Morgan fingerprint density at radius 3 is 3.08 bits per heavy atom. The van der Waals surface area contributed by atoms with Crippen molar-refractivity contribution < 1.29 is 9.18 Å². The fourth-order valence-electron chi connectivity index (χ4n) is 3.07. The number of hydrogen-bond donors (Lipinski definition) is 1. The Labute approximate surface area is 145 Å². The molecule has 2 aromatic rings. The molecule has 2 heterocycles. The Hall–Kier alpha value is -1.95. The summed E-state index contributed by atoms with van der Waals surface area (Å²) in [5, 5.41) is 6.05. The minimum absolute atomic E-state index is 0.00961. The number of rotatable bonds is 6. The molecule has 4 nitrogen and oxygen atoms in total. The molecule has 0 saturated carbocycles. The van der Waals surface area contributed by atoms with Gasteiger partial charge >= 0.3 is 0 Å². The van der Waals surface area contributed by atoms with Crippen LogP contribution in [0.3, 0.4) is 0 Å². The van der Waals surface area contributed by atoms with Gasteiger partial charge in [-0.2, -0.15) is 0 Å². The van der Waals surface area contributed by atoms with Gasteiger partial charge in [0.05, 0.1) is 0 Å². The van der Waals surface area contributed by atoms with Gasteiger partial charge in [-0.25, -0.2) is 9.37 Å². The third-order valence-electron chi connectivity index (χ3n) is 4.38. The Kier molecular flexibility index (Phi) is 5.80. The average Bonchev–Trinajstić information content (AvgIpc) is 3.14. The zero-order chi connectivity index (χ0) is 16.8. The summed E-state index contributed by atoms with van der Waals surface area (Å²) in [6.07, 6.45) is 4.83. The number of nitrogens with zero attached hydrogens (tertiary/aromatic N) is 2. The summed E-state index contributed by atoms with van der Waals surface area (Å²) < 4.78 is 13.6. The van der Waals surface area contributed by atoms with Gasteiger partial charge in [0, 0.05) is 37.6 Å². The number of aryl methyl sites for hydroxylation is 1. The monoisotopic (exact) mass is 347 g/mol. The third kappa shape index (κ3) is 4.54. The lowest BCUT2D eigenvalue weighted by Crippen LogP contribution is -2.41. The molecule has 128 valence electrons. The number of halogens is 1. The molecule has 1 aliphatic heterocycles. The lowest BCUT2D eigenvalue weighted by atomic mass is 9.98. The first kappa shape index (κ1) is 16.9.